The SMILES string of the molecule is CN(C(=O)NCc1ccccc1)N1CC(=O)N2[C@@H](Cc3ccccc3)C(=O)N(Cc3ccc4ccccc4n3)C[C@@H]21. The summed E-state index contributed by atoms with van der Waals surface area (Å²) in [5.41, 5.74) is 3.59. The third-order valence-electron chi connectivity index (χ3n) is 7.81. The number of para-hydroxylation sites is 1. The van der Waals surface area contributed by atoms with Gasteiger partial charge < -0.3 is 15.1 Å². The predicted octanol–water partition coefficient (Wildman–Crippen LogP) is 3.42. The summed E-state index contributed by atoms with van der Waals surface area (Å²) in [5.74, 6) is -0.290. The van der Waals surface area contributed by atoms with Crippen LogP contribution < -0.4 is 5.32 Å². The van der Waals surface area contributed by atoms with Gasteiger partial charge in [-0.25, -0.2) is 4.79 Å². The highest BCUT2D eigenvalue weighted by atomic mass is 16.2. The fraction of sp³-hybridized carbons (Fsp3) is 0.250. The number of urea groups is 1. The summed E-state index contributed by atoms with van der Waals surface area (Å²) in [7, 11) is 1.66. The van der Waals surface area contributed by atoms with Crippen molar-refractivity contribution in [3.05, 3.63) is 114 Å². The molecule has 4 aromatic rings. The van der Waals surface area contributed by atoms with Crippen LogP contribution in [-0.2, 0) is 29.1 Å². The van der Waals surface area contributed by atoms with Gasteiger partial charge in [0, 0.05) is 25.4 Å². The standard InChI is InChI=1S/C32H32N6O3/c1-35(32(41)33-19-24-12-6-3-7-13-24)37-22-30(39)38-28(18-23-10-4-2-5-11-23)31(40)36(21-29(37)38)20-26-17-16-25-14-8-9-15-27(25)34-26/h2-17,28-29H,18-22H2,1H3,(H,33,41)/t28-,29+/m0/s1. The zero-order valence-electron chi connectivity index (χ0n) is 22.9. The Labute approximate surface area is 238 Å². The zero-order chi connectivity index (χ0) is 28.3. The summed E-state index contributed by atoms with van der Waals surface area (Å²) >= 11 is 0. The van der Waals surface area contributed by atoms with Crippen LogP contribution in [0.4, 0.5) is 4.79 Å². The molecule has 2 fully saturated rings. The number of rotatable bonds is 7. The molecule has 3 aromatic carbocycles. The van der Waals surface area contributed by atoms with Crippen molar-refractivity contribution in [2.24, 2.45) is 0 Å². The molecule has 1 aromatic heterocycles. The number of nitrogens with one attached hydrogen (secondary N) is 1. The minimum atomic E-state index is -0.685. The van der Waals surface area contributed by atoms with Crippen LogP contribution in [0, 0.1) is 0 Å². The Morgan fingerprint density at radius 3 is 2.34 bits per heavy atom. The number of hydrazine groups is 1. The van der Waals surface area contributed by atoms with Gasteiger partial charge in [0.05, 0.1) is 30.8 Å². The highest BCUT2D eigenvalue weighted by Crippen LogP contribution is 2.30. The average Bonchev–Trinajstić information content (AvgIpc) is 3.34. The van der Waals surface area contributed by atoms with E-state index < -0.39 is 12.2 Å². The van der Waals surface area contributed by atoms with Gasteiger partial charge in [-0.05, 0) is 23.3 Å². The summed E-state index contributed by atoms with van der Waals surface area (Å²) in [6.07, 6.45) is -0.0942. The number of piperazine rings is 1. The summed E-state index contributed by atoms with van der Waals surface area (Å²) in [6.45, 7) is 0.960. The van der Waals surface area contributed by atoms with Crippen LogP contribution in [0.5, 0.6) is 0 Å². The number of benzene rings is 3. The van der Waals surface area contributed by atoms with E-state index in [1.807, 2.05) is 97.1 Å². The molecule has 41 heavy (non-hydrogen) atoms. The lowest BCUT2D eigenvalue weighted by molar-refractivity contribution is -0.157. The Kier molecular flexibility index (Phi) is 7.35. The number of aromatic nitrogens is 1. The lowest BCUT2D eigenvalue weighted by atomic mass is 10.0. The van der Waals surface area contributed by atoms with Crippen LogP contribution in [0.3, 0.4) is 0 Å². The number of pyridine rings is 1. The third kappa shape index (κ3) is 5.49. The zero-order valence-corrected chi connectivity index (χ0v) is 22.9. The molecule has 0 saturated carbocycles. The molecule has 2 saturated heterocycles. The minimum absolute atomic E-state index is 0.0144. The van der Waals surface area contributed by atoms with Gasteiger partial charge in [0.1, 0.15) is 12.2 Å². The molecule has 208 valence electrons. The van der Waals surface area contributed by atoms with E-state index in [-0.39, 0.29) is 30.9 Å². The number of amides is 4. The maximum atomic E-state index is 13.9. The number of carbonyl (C=O) groups is 3. The minimum Gasteiger partial charge on any atom is -0.333 e. The molecule has 9 nitrogen and oxygen atoms in total. The average molecular weight is 549 g/mol. The van der Waals surface area contributed by atoms with E-state index in [4.69, 9.17) is 4.98 Å². The molecular formula is C32H32N6O3. The van der Waals surface area contributed by atoms with Crippen molar-refractivity contribution in [3.8, 4) is 0 Å². The lowest BCUT2D eigenvalue weighted by Gasteiger charge is -2.45. The summed E-state index contributed by atoms with van der Waals surface area (Å²) in [6, 6.07) is 30.2. The van der Waals surface area contributed by atoms with Crippen LogP contribution in [-0.4, -0.2) is 75.0 Å². The van der Waals surface area contributed by atoms with Gasteiger partial charge in [-0.15, -0.1) is 0 Å². The van der Waals surface area contributed by atoms with Gasteiger partial charge in [0.15, 0.2) is 0 Å². The van der Waals surface area contributed by atoms with Crippen LogP contribution in [0.1, 0.15) is 16.8 Å². The smallest absolute Gasteiger partial charge is 0.332 e. The summed E-state index contributed by atoms with van der Waals surface area (Å²) in [4.78, 5) is 48.8. The van der Waals surface area contributed by atoms with Crippen molar-refractivity contribution in [3.63, 3.8) is 0 Å². The number of fused-ring (bicyclic) bond motifs is 2. The molecular weight excluding hydrogens is 516 g/mol. The van der Waals surface area contributed by atoms with Gasteiger partial charge in [0.2, 0.25) is 11.8 Å². The van der Waals surface area contributed by atoms with E-state index in [2.05, 4.69) is 5.32 Å². The first-order valence-corrected chi connectivity index (χ1v) is 13.8. The fourth-order valence-electron chi connectivity index (χ4n) is 5.68. The second-order valence-electron chi connectivity index (χ2n) is 10.5. The molecule has 0 aliphatic carbocycles. The first-order valence-electron chi connectivity index (χ1n) is 13.8. The van der Waals surface area contributed by atoms with Crippen molar-refractivity contribution in [2.75, 3.05) is 20.1 Å². The second kappa shape index (κ2) is 11.4. The van der Waals surface area contributed by atoms with Gasteiger partial charge >= 0.3 is 6.03 Å². The van der Waals surface area contributed by atoms with Crippen molar-refractivity contribution >= 4 is 28.7 Å². The topological polar surface area (TPSA) is 89.1 Å². The van der Waals surface area contributed by atoms with Gasteiger partial charge in [-0.2, -0.15) is 5.01 Å². The monoisotopic (exact) mass is 548 g/mol. The van der Waals surface area contributed by atoms with E-state index in [1.165, 1.54) is 5.01 Å². The molecule has 0 unspecified atom stereocenters. The van der Waals surface area contributed by atoms with Crippen molar-refractivity contribution in [1.29, 1.82) is 0 Å². The van der Waals surface area contributed by atoms with Crippen molar-refractivity contribution in [2.45, 2.75) is 31.7 Å². The maximum Gasteiger partial charge on any atom is 0.332 e. The second-order valence-corrected chi connectivity index (χ2v) is 10.5. The van der Waals surface area contributed by atoms with E-state index >= 15 is 0 Å². The van der Waals surface area contributed by atoms with E-state index in [0.717, 1.165) is 27.7 Å². The number of carbonyl (C=O) groups excluding carboxylic acids is 3. The van der Waals surface area contributed by atoms with E-state index in [9.17, 15) is 14.4 Å². The molecule has 9 heteroatoms. The lowest BCUT2D eigenvalue weighted by Crippen LogP contribution is -2.65. The molecule has 0 radical (unpaired) electrons. The van der Waals surface area contributed by atoms with Gasteiger partial charge in [-0.1, -0.05) is 84.9 Å². The van der Waals surface area contributed by atoms with Gasteiger partial charge in [-0.3, -0.25) is 19.6 Å². The molecule has 2 aliphatic rings. The van der Waals surface area contributed by atoms with Crippen LogP contribution >= 0.6 is 0 Å². The van der Waals surface area contributed by atoms with Crippen LogP contribution in [0.2, 0.25) is 0 Å². The highest BCUT2D eigenvalue weighted by molar-refractivity contribution is 5.92. The number of nitrogens with zero attached hydrogens (tertiary/aromatic N) is 5. The molecule has 0 spiro atoms. The Hall–Kier alpha value is -4.76. The molecule has 1 N–H and O–H groups in total. The Balaban J connectivity index is 1.26. The van der Waals surface area contributed by atoms with Crippen molar-refractivity contribution in [1.82, 2.24) is 30.1 Å². The summed E-state index contributed by atoms with van der Waals surface area (Å²) in [5, 5.41) is 7.19. The molecule has 3 heterocycles. The van der Waals surface area contributed by atoms with E-state index in [1.54, 1.807) is 21.9 Å². The van der Waals surface area contributed by atoms with Crippen LogP contribution in [0.15, 0.2) is 97.1 Å². The fourth-order valence-corrected chi connectivity index (χ4v) is 5.68. The quantitative estimate of drug-likeness (QED) is 0.382. The van der Waals surface area contributed by atoms with Crippen LogP contribution in [0.25, 0.3) is 10.9 Å². The third-order valence-corrected chi connectivity index (χ3v) is 7.81. The Morgan fingerprint density at radius 1 is 0.902 bits per heavy atom. The highest BCUT2D eigenvalue weighted by Gasteiger charge is 2.51. The maximum absolute atomic E-state index is 13.9. The normalized spacial score (nSPS) is 19.0. The first kappa shape index (κ1) is 26.5. The summed E-state index contributed by atoms with van der Waals surface area (Å²) < 4.78 is 0. The predicted molar refractivity (Wildman–Crippen MR) is 155 cm³/mol. The molecule has 6 rings (SSSR count). The van der Waals surface area contributed by atoms with Crippen molar-refractivity contribution < 1.29 is 14.4 Å². The first-order chi connectivity index (χ1) is 20.0. The van der Waals surface area contributed by atoms with Gasteiger partial charge in [0.25, 0.3) is 0 Å². The molecule has 2 atom stereocenters. The van der Waals surface area contributed by atoms with E-state index in [0.29, 0.717) is 19.5 Å². The molecule has 2 aliphatic heterocycles. The molecule has 0 bridgehead atoms. The molecule has 4 amide bonds. The Bertz CT molecular complexity index is 1560. The largest absolute Gasteiger partial charge is 0.333 e. The number of hydrogen-bond donors (Lipinski definition) is 1. The number of hydrogen-bond acceptors (Lipinski definition) is 5. The Morgan fingerprint density at radius 2 is 1.59 bits per heavy atom.